The number of hydrogen-bond donors (Lipinski definition) is 1. The molecule has 0 aromatic heterocycles. The second kappa shape index (κ2) is 5.02. The van der Waals surface area contributed by atoms with Crippen LogP contribution in [0.15, 0.2) is 28.8 Å². The summed E-state index contributed by atoms with van der Waals surface area (Å²) < 4.78 is 26.1. The fraction of sp³-hybridized carbons (Fsp3) is 0.100. The van der Waals surface area contributed by atoms with Crippen molar-refractivity contribution in [1.82, 2.24) is 0 Å². The zero-order chi connectivity index (χ0) is 11.4. The van der Waals surface area contributed by atoms with E-state index in [0.717, 1.165) is 6.07 Å². The molecule has 0 saturated carbocycles. The Morgan fingerprint density at radius 1 is 1.47 bits per heavy atom. The van der Waals surface area contributed by atoms with Crippen molar-refractivity contribution >= 4 is 27.5 Å². The van der Waals surface area contributed by atoms with E-state index in [1.807, 2.05) is 0 Å². The van der Waals surface area contributed by atoms with Crippen LogP contribution < -0.4 is 5.32 Å². The van der Waals surface area contributed by atoms with Gasteiger partial charge in [-0.1, -0.05) is 6.08 Å². The molecule has 0 aliphatic carbocycles. The van der Waals surface area contributed by atoms with Gasteiger partial charge in [-0.3, -0.25) is 4.79 Å². The first-order chi connectivity index (χ1) is 7.04. The lowest BCUT2D eigenvalue weighted by atomic mass is 10.3. The summed E-state index contributed by atoms with van der Waals surface area (Å²) in [4.78, 5) is 11.1. The van der Waals surface area contributed by atoms with Crippen molar-refractivity contribution in [3.63, 3.8) is 0 Å². The van der Waals surface area contributed by atoms with Crippen LogP contribution in [0.1, 0.15) is 6.92 Å². The first-order valence-electron chi connectivity index (χ1n) is 4.13. The van der Waals surface area contributed by atoms with E-state index in [0.29, 0.717) is 6.07 Å². The minimum atomic E-state index is -0.820. The third-order valence-electron chi connectivity index (χ3n) is 1.57. The molecule has 80 valence electrons. The van der Waals surface area contributed by atoms with E-state index in [1.54, 1.807) is 6.92 Å². The molecule has 0 aliphatic heterocycles. The van der Waals surface area contributed by atoms with E-state index in [1.165, 1.54) is 12.2 Å². The Hall–Kier alpha value is -1.23. The van der Waals surface area contributed by atoms with Gasteiger partial charge in [-0.15, -0.1) is 0 Å². The fourth-order valence-electron chi connectivity index (χ4n) is 0.978. The van der Waals surface area contributed by atoms with E-state index < -0.39 is 17.5 Å². The van der Waals surface area contributed by atoms with E-state index in [-0.39, 0.29) is 10.2 Å². The minimum Gasteiger partial charge on any atom is -0.319 e. The number of anilines is 1. The molecule has 0 fully saturated rings. The number of amides is 1. The van der Waals surface area contributed by atoms with E-state index in [9.17, 15) is 13.6 Å². The van der Waals surface area contributed by atoms with Crippen LogP contribution in [0.3, 0.4) is 0 Å². The van der Waals surface area contributed by atoms with E-state index >= 15 is 0 Å². The molecule has 0 atom stereocenters. The normalized spacial score (nSPS) is 10.7. The summed E-state index contributed by atoms with van der Waals surface area (Å²) in [5.41, 5.74) is -0.0699. The maximum atomic E-state index is 13.2. The van der Waals surface area contributed by atoms with Crippen molar-refractivity contribution in [1.29, 1.82) is 0 Å². The lowest BCUT2D eigenvalue weighted by Crippen LogP contribution is -2.10. The molecule has 1 amide bonds. The Kier molecular flexibility index (Phi) is 3.96. The summed E-state index contributed by atoms with van der Waals surface area (Å²) in [6, 6.07) is 1.78. The smallest absolute Gasteiger partial charge is 0.248 e. The molecule has 0 saturated heterocycles. The largest absolute Gasteiger partial charge is 0.319 e. The number of carbonyl (C=O) groups is 1. The third kappa shape index (κ3) is 3.13. The molecule has 1 aromatic carbocycles. The van der Waals surface area contributed by atoms with Crippen molar-refractivity contribution in [2.45, 2.75) is 6.92 Å². The van der Waals surface area contributed by atoms with Gasteiger partial charge in [-0.05, 0) is 35.0 Å². The first kappa shape index (κ1) is 11.8. The average molecular weight is 276 g/mol. The van der Waals surface area contributed by atoms with E-state index in [2.05, 4.69) is 21.2 Å². The quantitative estimate of drug-likeness (QED) is 0.825. The molecular weight excluding hydrogens is 268 g/mol. The fourth-order valence-corrected chi connectivity index (χ4v) is 1.49. The Morgan fingerprint density at radius 3 is 2.67 bits per heavy atom. The highest BCUT2D eigenvalue weighted by Crippen LogP contribution is 2.26. The molecule has 0 aliphatic rings. The number of allylic oxidation sites excluding steroid dienone is 1. The lowest BCUT2D eigenvalue weighted by molar-refractivity contribution is -0.111. The molecule has 1 N–H and O–H groups in total. The molecule has 1 rings (SSSR count). The Labute approximate surface area is 94.1 Å². The topological polar surface area (TPSA) is 29.1 Å². The van der Waals surface area contributed by atoms with Gasteiger partial charge < -0.3 is 5.32 Å². The van der Waals surface area contributed by atoms with Crippen LogP contribution in [0.5, 0.6) is 0 Å². The highest BCUT2D eigenvalue weighted by atomic mass is 79.9. The minimum absolute atomic E-state index is 0.0699. The molecule has 2 nitrogen and oxygen atoms in total. The van der Waals surface area contributed by atoms with Crippen LogP contribution in [0.2, 0.25) is 0 Å². The second-order valence-electron chi connectivity index (χ2n) is 2.73. The average Bonchev–Trinajstić information content (AvgIpc) is 2.11. The Balaban J connectivity index is 3.00. The van der Waals surface area contributed by atoms with E-state index in [4.69, 9.17) is 0 Å². The summed E-state index contributed by atoms with van der Waals surface area (Å²) in [5.74, 6) is -1.99. The number of carbonyl (C=O) groups excluding carboxylic acids is 1. The zero-order valence-corrected chi connectivity index (χ0v) is 9.44. The zero-order valence-electron chi connectivity index (χ0n) is 7.85. The molecule has 0 radical (unpaired) electrons. The molecule has 0 heterocycles. The number of hydrogen-bond acceptors (Lipinski definition) is 1. The summed E-state index contributed by atoms with van der Waals surface area (Å²) >= 11 is 2.96. The molecule has 0 unspecified atom stereocenters. The maximum Gasteiger partial charge on any atom is 0.248 e. The maximum absolute atomic E-state index is 13.2. The predicted octanol–water partition coefficient (Wildman–Crippen LogP) is 3.24. The van der Waals surface area contributed by atoms with Gasteiger partial charge in [0.25, 0.3) is 0 Å². The summed E-state index contributed by atoms with van der Waals surface area (Å²) in [5, 5.41) is 2.29. The lowest BCUT2D eigenvalue weighted by Gasteiger charge is -2.06. The SMILES string of the molecule is CC=CC(=O)Nc1c(F)cc(F)cc1Br. The summed E-state index contributed by atoms with van der Waals surface area (Å²) in [7, 11) is 0. The van der Waals surface area contributed by atoms with Crippen LogP contribution in [0.25, 0.3) is 0 Å². The van der Waals surface area contributed by atoms with Crippen molar-refractivity contribution in [2.24, 2.45) is 0 Å². The molecule has 15 heavy (non-hydrogen) atoms. The van der Waals surface area contributed by atoms with Gasteiger partial charge in [0.15, 0.2) is 5.82 Å². The predicted molar refractivity (Wildman–Crippen MR) is 57.5 cm³/mol. The molecular formula is C10H8BrF2NO. The van der Waals surface area contributed by atoms with Crippen molar-refractivity contribution < 1.29 is 13.6 Å². The van der Waals surface area contributed by atoms with Crippen LogP contribution in [-0.2, 0) is 4.79 Å². The highest BCUT2D eigenvalue weighted by molar-refractivity contribution is 9.10. The Morgan fingerprint density at radius 2 is 2.13 bits per heavy atom. The molecule has 5 heteroatoms. The van der Waals surface area contributed by atoms with Crippen LogP contribution in [0, 0.1) is 11.6 Å². The number of halogens is 3. The standard InChI is InChI=1S/C10H8BrF2NO/c1-2-3-9(15)14-10-7(11)4-6(12)5-8(10)13/h2-5H,1H3,(H,14,15). The van der Waals surface area contributed by atoms with Gasteiger partial charge in [0.1, 0.15) is 5.82 Å². The van der Waals surface area contributed by atoms with Gasteiger partial charge >= 0.3 is 0 Å². The highest BCUT2D eigenvalue weighted by Gasteiger charge is 2.10. The van der Waals surface area contributed by atoms with Gasteiger partial charge in [0.2, 0.25) is 5.91 Å². The van der Waals surface area contributed by atoms with Gasteiger partial charge in [-0.25, -0.2) is 8.78 Å². The Bertz CT molecular complexity index is 395. The second-order valence-corrected chi connectivity index (χ2v) is 3.59. The van der Waals surface area contributed by atoms with Crippen LogP contribution >= 0.6 is 15.9 Å². The monoisotopic (exact) mass is 275 g/mol. The molecule has 1 aromatic rings. The van der Waals surface area contributed by atoms with Crippen molar-refractivity contribution in [3.8, 4) is 0 Å². The van der Waals surface area contributed by atoms with Crippen LogP contribution in [-0.4, -0.2) is 5.91 Å². The van der Waals surface area contributed by atoms with Gasteiger partial charge in [0, 0.05) is 10.5 Å². The summed E-state index contributed by atoms with van der Waals surface area (Å²) in [6.45, 7) is 1.66. The number of benzene rings is 1. The molecule has 0 spiro atoms. The van der Waals surface area contributed by atoms with Crippen molar-refractivity contribution in [3.05, 3.63) is 40.4 Å². The van der Waals surface area contributed by atoms with Gasteiger partial charge in [0.05, 0.1) is 5.69 Å². The number of nitrogens with one attached hydrogen (secondary N) is 1. The summed E-state index contributed by atoms with van der Waals surface area (Å²) in [6.07, 6.45) is 2.76. The third-order valence-corrected chi connectivity index (χ3v) is 2.20. The van der Waals surface area contributed by atoms with Gasteiger partial charge in [-0.2, -0.15) is 0 Å². The van der Waals surface area contributed by atoms with Crippen molar-refractivity contribution in [2.75, 3.05) is 5.32 Å². The molecule has 0 bridgehead atoms. The van der Waals surface area contributed by atoms with Crippen LogP contribution in [0.4, 0.5) is 14.5 Å². The first-order valence-corrected chi connectivity index (χ1v) is 4.92. The number of rotatable bonds is 2.